The number of aryl methyl sites for hydroxylation is 2. The van der Waals surface area contributed by atoms with E-state index in [1.807, 2.05) is 48.7 Å². The number of nitrogens with two attached hydrogens (primary N) is 1. The van der Waals surface area contributed by atoms with Crippen molar-refractivity contribution in [3.63, 3.8) is 0 Å². The predicted octanol–water partition coefficient (Wildman–Crippen LogP) is 2.63. The Morgan fingerprint density at radius 3 is 2.35 bits per heavy atom. The fraction of sp³-hybridized carbons (Fsp3) is 0.459. The zero-order valence-electron chi connectivity index (χ0n) is 29.5. The number of carbonyl (C=O) groups is 3. The number of aliphatic carboxylic acids is 1. The summed E-state index contributed by atoms with van der Waals surface area (Å²) in [6, 6.07) is 15.6. The van der Waals surface area contributed by atoms with Crippen LogP contribution in [0.25, 0.3) is 11.2 Å². The molecule has 14 heteroatoms. The monoisotopic (exact) mass is 702 g/mol. The maximum absolute atomic E-state index is 13.9. The van der Waals surface area contributed by atoms with E-state index < -0.39 is 35.9 Å². The molecule has 0 bridgehead atoms. The van der Waals surface area contributed by atoms with Gasteiger partial charge in [0.25, 0.3) is 5.56 Å². The van der Waals surface area contributed by atoms with Crippen LogP contribution in [0.4, 0.5) is 5.69 Å². The summed E-state index contributed by atoms with van der Waals surface area (Å²) in [5.74, 6) is -1.63. The molecule has 0 spiro atoms. The number of carbonyl (C=O) groups excluding carboxylic acids is 2. The molecule has 0 aliphatic rings. The van der Waals surface area contributed by atoms with Gasteiger partial charge in [-0.05, 0) is 56.0 Å². The van der Waals surface area contributed by atoms with E-state index in [4.69, 9.17) is 10.7 Å². The zero-order chi connectivity index (χ0) is 36.8. The Balaban J connectivity index is 1.66. The number of carboxylic acids is 1. The van der Waals surface area contributed by atoms with Gasteiger partial charge in [0.15, 0.2) is 11.2 Å². The first-order valence-corrected chi connectivity index (χ1v) is 17.8. The van der Waals surface area contributed by atoms with Gasteiger partial charge in [-0.3, -0.25) is 28.3 Å². The van der Waals surface area contributed by atoms with Crippen molar-refractivity contribution < 1.29 is 19.5 Å². The number of likely N-dealkylation sites (N-methyl/N-ethyl adjacent to an activating group) is 1. The average Bonchev–Trinajstić information content (AvgIpc) is 3.46. The van der Waals surface area contributed by atoms with Gasteiger partial charge in [-0.25, -0.2) is 9.78 Å². The summed E-state index contributed by atoms with van der Waals surface area (Å²) in [6.07, 6.45) is 3.01. The Morgan fingerprint density at radius 1 is 0.902 bits per heavy atom. The van der Waals surface area contributed by atoms with E-state index in [2.05, 4.69) is 16.0 Å². The molecule has 2 aromatic carbocycles. The number of imidazole rings is 1. The summed E-state index contributed by atoms with van der Waals surface area (Å²) in [5, 5.41) is 18.1. The molecule has 0 saturated heterocycles. The number of carboxylic acid groups (broad SMARTS) is 1. The first-order chi connectivity index (χ1) is 24.7. The number of nitrogens with one attached hydrogen (secondary N) is 3. The molecule has 2 aromatic heterocycles. The van der Waals surface area contributed by atoms with Crippen molar-refractivity contribution >= 4 is 34.6 Å². The molecule has 51 heavy (non-hydrogen) atoms. The average molecular weight is 703 g/mol. The van der Waals surface area contributed by atoms with Crippen LogP contribution in [0, 0.1) is 0 Å². The van der Waals surface area contributed by atoms with E-state index in [-0.39, 0.29) is 31.5 Å². The standard InChI is InChI=1S/C37H50N8O6/c1-3-21-45-36(50)33-34(42-30(43(33)23-20-39-4-2)24-26-13-7-5-8-14-26)44(37(45)51)22-18-27-15-10-11-16-28(27)41-35(49)29(25-32(47)48)40-31(46)17-9-6-12-19-38/h5,7-8,10-11,13-16,29,39H,3-4,6,9,12,17-25,38H2,1-2H3,(H,40,46)(H,41,49)(H,47,48). The van der Waals surface area contributed by atoms with Crippen molar-refractivity contribution in [3.8, 4) is 0 Å². The lowest BCUT2D eigenvalue weighted by Gasteiger charge is -2.19. The van der Waals surface area contributed by atoms with Crippen LogP contribution >= 0.6 is 0 Å². The lowest BCUT2D eigenvalue weighted by atomic mass is 10.1. The van der Waals surface area contributed by atoms with Crippen molar-refractivity contribution in [1.29, 1.82) is 0 Å². The highest BCUT2D eigenvalue weighted by atomic mass is 16.4. The Labute approximate surface area is 297 Å². The molecule has 4 aromatic rings. The second-order valence-corrected chi connectivity index (χ2v) is 12.5. The fourth-order valence-corrected chi connectivity index (χ4v) is 6.05. The number of nitrogens with zero attached hydrogens (tertiary/aromatic N) is 4. The van der Waals surface area contributed by atoms with Gasteiger partial charge in [0, 0.05) is 44.7 Å². The number of aromatic nitrogens is 4. The molecule has 2 amide bonds. The summed E-state index contributed by atoms with van der Waals surface area (Å²) in [5.41, 5.74) is 7.46. The summed E-state index contributed by atoms with van der Waals surface area (Å²) in [6.45, 7) is 6.70. The Bertz CT molecular complexity index is 1900. The minimum Gasteiger partial charge on any atom is -0.481 e. The molecule has 6 N–H and O–H groups in total. The van der Waals surface area contributed by atoms with Gasteiger partial charge >= 0.3 is 11.7 Å². The van der Waals surface area contributed by atoms with Gasteiger partial charge in [-0.15, -0.1) is 0 Å². The van der Waals surface area contributed by atoms with E-state index >= 15 is 0 Å². The van der Waals surface area contributed by atoms with Gasteiger partial charge in [0.05, 0.1) is 6.42 Å². The van der Waals surface area contributed by atoms with Gasteiger partial charge in [-0.1, -0.05) is 68.8 Å². The molecule has 4 rings (SSSR count). The Kier molecular flexibility index (Phi) is 14.7. The van der Waals surface area contributed by atoms with E-state index in [0.717, 1.165) is 24.9 Å². The number of hydrogen-bond acceptors (Lipinski definition) is 8. The Morgan fingerprint density at radius 2 is 1.65 bits per heavy atom. The maximum atomic E-state index is 13.9. The molecule has 1 unspecified atom stereocenters. The number of fused-ring (bicyclic) bond motifs is 1. The molecule has 274 valence electrons. The van der Waals surface area contributed by atoms with E-state index in [9.17, 15) is 29.1 Å². The lowest BCUT2D eigenvalue weighted by Crippen LogP contribution is -2.45. The minimum absolute atomic E-state index is 0.152. The second kappa shape index (κ2) is 19.3. The van der Waals surface area contributed by atoms with Crippen molar-refractivity contribution in [3.05, 3.63) is 92.4 Å². The third kappa shape index (κ3) is 10.5. The fourth-order valence-electron chi connectivity index (χ4n) is 6.05. The number of para-hydroxylation sites is 1. The normalized spacial score (nSPS) is 11.8. The van der Waals surface area contributed by atoms with Gasteiger partial charge < -0.3 is 31.4 Å². The number of benzene rings is 2. The summed E-state index contributed by atoms with van der Waals surface area (Å²) < 4.78 is 4.71. The van der Waals surface area contributed by atoms with Crippen LogP contribution in [-0.4, -0.2) is 67.3 Å². The van der Waals surface area contributed by atoms with E-state index in [1.165, 1.54) is 9.13 Å². The smallest absolute Gasteiger partial charge is 0.332 e. The van der Waals surface area contributed by atoms with E-state index in [1.54, 1.807) is 24.3 Å². The Hall–Kier alpha value is -5.08. The summed E-state index contributed by atoms with van der Waals surface area (Å²) >= 11 is 0. The highest BCUT2D eigenvalue weighted by molar-refractivity contribution is 5.99. The van der Waals surface area contributed by atoms with Crippen LogP contribution in [-0.2, 0) is 46.9 Å². The number of hydrogen-bond donors (Lipinski definition) is 5. The highest BCUT2D eigenvalue weighted by Gasteiger charge is 2.25. The molecular weight excluding hydrogens is 652 g/mol. The molecular formula is C37H50N8O6. The summed E-state index contributed by atoms with van der Waals surface area (Å²) in [4.78, 5) is 70.2. The maximum Gasteiger partial charge on any atom is 0.332 e. The molecule has 2 heterocycles. The van der Waals surface area contributed by atoms with Gasteiger partial charge in [0.2, 0.25) is 11.8 Å². The SMILES string of the molecule is CCCn1c(=O)c2c(nc(Cc3ccccc3)n2CCNCC)n(CCc2ccccc2NC(=O)C(CC(=O)O)NC(=O)CCCCCN)c1=O. The summed E-state index contributed by atoms with van der Waals surface area (Å²) in [7, 11) is 0. The number of unbranched alkanes of at least 4 members (excludes halogenated alkanes) is 2. The topological polar surface area (TPSA) is 195 Å². The predicted molar refractivity (Wildman–Crippen MR) is 197 cm³/mol. The largest absolute Gasteiger partial charge is 0.481 e. The molecule has 0 fully saturated rings. The van der Waals surface area contributed by atoms with Crippen molar-refractivity contribution in [2.45, 2.75) is 90.9 Å². The molecule has 0 aliphatic carbocycles. The van der Waals surface area contributed by atoms with Gasteiger partial charge in [0.1, 0.15) is 11.9 Å². The van der Waals surface area contributed by atoms with Crippen LogP contribution < -0.4 is 32.9 Å². The van der Waals surface area contributed by atoms with Crippen LogP contribution in [0.2, 0.25) is 0 Å². The number of anilines is 1. The number of rotatable bonds is 21. The zero-order valence-corrected chi connectivity index (χ0v) is 29.5. The van der Waals surface area contributed by atoms with Crippen LogP contribution in [0.1, 0.15) is 69.3 Å². The quantitative estimate of drug-likeness (QED) is 0.0812. The third-order valence-corrected chi connectivity index (χ3v) is 8.63. The second-order valence-electron chi connectivity index (χ2n) is 12.5. The number of amides is 2. The molecule has 0 radical (unpaired) electrons. The van der Waals surface area contributed by atoms with Gasteiger partial charge in [-0.2, -0.15) is 0 Å². The van der Waals surface area contributed by atoms with Crippen molar-refractivity contribution in [1.82, 2.24) is 29.3 Å². The molecule has 1 atom stereocenters. The first-order valence-electron chi connectivity index (χ1n) is 17.8. The van der Waals surface area contributed by atoms with Crippen LogP contribution in [0.15, 0.2) is 64.2 Å². The molecule has 0 saturated carbocycles. The molecule has 0 aliphatic heterocycles. The third-order valence-electron chi connectivity index (χ3n) is 8.63. The minimum atomic E-state index is -1.29. The molecule has 14 nitrogen and oxygen atoms in total. The van der Waals surface area contributed by atoms with E-state index in [0.29, 0.717) is 67.1 Å². The first kappa shape index (κ1) is 38.7. The lowest BCUT2D eigenvalue weighted by molar-refractivity contribution is -0.139. The van der Waals surface area contributed by atoms with Crippen LogP contribution in [0.5, 0.6) is 0 Å². The van der Waals surface area contributed by atoms with Crippen LogP contribution in [0.3, 0.4) is 0 Å². The highest BCUT2D eigenvalue weighted by Crippen LogP contribution is 2.20. The van der Waals surface area contributed by atoms with Crippen molar-refractivity contribution in [2.24, 2.45) is 5.73 Å². The van der Waals surface area contributed by atoms with Crippen molar-refractivity contribution in [2.75, 3.05) is 25.0 Å².